The van der Waals surface area contributed by atoms with Crippen LogP contribution in [-0.2, 0) is 0 Å². The average molecular weight is 314 g/mol. The molecule has 6 heteroatoms. The Morgan fingerprint density at radius 1 is 1.00 bits per heavy atom. The summed E-state index contributed by atoms with van der Waals surface area (Å²) in [5, 5.41) is 1.54. The smallest absolute Gasteiger partial charge is 0.275 e. The molecule has 2 fully saturated rings. The van der Waals surface area contributed by atoms with E-state index in [2.05, 4.69) is 9.27 Å². The van der Waals surface area contributed by atoms with Gasteiger partial charge in [0.2, 0.25) is 0 Å². The number of aromatic nitrogens is 1. The lowest BCUT2D eigenvalue weighted by atomic mass is 10.1. The summed E-state index contributed by atoms with van der Waals surface area (Å²) in [4.78, 5) is 16.7. The van der Waals surface area contributed by atoms with Gasteiger partial charge in [0.15, 0.2) is 5.69 Å². The van der Waals surface area contributed by atoms with E-state index in [1.165, 1.54) is 37.2 Å². The van der Waals surface area contributed by atoms with Crippen molar-refractivity contribution in [2.75, 3.05) is 31.1 Å². The van der Waals surface area contributed by atoms with Gasteiger partial charge in [0, 0.05) is 26.2 Å². The van der Waals surface area contributed by atoms with Gasteiger partial charge in [0.1, 0.15) is 10.0 Å². The molecule has 0 spiro atoms. The highest BCUT2D eigenvalue weighted by atomic mass is 35.5. The van der Waals surface area contributed by atoms with Crippen LogP contribution in [0.4, 0.5) is 5.00 Å². The number of halogens is 1. The van der Waals surface area contributed by atoms with Gasteiger partial charge in [0.25, 0.3) is 5.91 Å². The number of piperidine rings is 2. The van der Waals surface area contributed by atoms with Crippen LogP contribution >= 0.6 is 23.1 Å². The Morgan fingerprint density at radius 2 is 1.60 bits per heavy atom. The van der Waals surface area contributed by atoms with E-state index in [1.807, 2.05) is 4.90 Å². The maximum Gasteiger partial charge on any atom is 0.275 e. The molecule has 2 saturated heterocycles. The third-order valence-electron chi connectivity index (χ3n) is 4.11. The molecule has 0 radical (unpaired) electrons. The van der Waals surface area contributed by atoms with Gasteiger partial charge in [-0.05, 0) is 50.1 Å². The number of nitrogens with zero attached hydrogens (tertiary/aromatic N) is 3. The van der Waals surface area contributed by atoms with Crippen LogP contribution < -0.4 is 4.90 Å². The van der Waals surface area contributed by atoms with Crippen molar-refractivity contribution in [2.24, 2.45) is 0 Å². The molecule has 0 unspecified atom stereocenters. The lowest BCUT2D eigenvalue weighted by Crippen LogP contribution is -2.36. The summed E-state index contributed by atoms with van der Waals surface area (Å²) in [7, 11) is 0. The summed E-state index contributed by atoms with van der Waals surface area (Å²) in [6, 6.07) is 0. The van der Waals surface area contributed by atoms with Crippen LogP contribution in [0, 0.1) is 0 Å². The van der Waals surface area contributed by atoms with E-state index in [1.54, 1.807) is 0 Å². The van der Waals surface area contributed by atoms with Crippen molar-refractivity contribution in [1.82, 2.24) is 9.27 Å². The second-order valence-electron chi connectivity index (χ2n) is 5.55. The fraction of sp³-hybridized carbons (Fsp3) is 0.714. The minimum Gasteiger partial charge on any atom is -0.361 e. The maximum atomic E-state index is 12.5. The van der Waals surface area contributed by atoms with Gasteiger partial charge in [-0.3, -0.25) is 4.79 Å². The highest BCUT2D eigenvalue weighted by Gasteiger charge is 2.27. The summed E-state index contributed by atoms with van der Waals surface area (Å²) in [6.45, 7) is 3.73. The van der Waals surface area contributed by atoms with Crippen molar-refractivity contribution in [1.29, 1.82) is 0 Å². The molecule has 2 aliphatic rings. The first-order valence-corrected chi connectivity index (χ1v) is 8.62. The monoisotopic (exact) mass is 313 g/mol. The molecule has 0 atom stereocenters. The largest absolute Gasteiger partial charge is 0.361 e. The Balaban J connectivity index is 1.76. The quantitative estimate of drug-likeness (QED) is 0.839. The van der Waals surface area contributed by atoms with Gasteiger partial charge in [-0.25, -0.2) is 0 Å². The lowest BCUT2D eigenvalue weighted by molar-refractivity contribution is 0.0720. The number of hydrogen-bond donors (Lipinski definition) is 0. The van der Waals surface area contributed by atoms with Crippen LogP contribution in [0.5, 0.6) is 0 Å². The molecule has 0 aliphatic carbocycles. The third-order valence-corrected chi connectivity index (χ3v) is 5.49. The number of amides is 1. The van der Waals surface area contributed by atoms with E-state index in [9.17, 15) is 4.79 Å². The SMILES string of the molecule is O=C(c1nsc(N2CCCCC2)c1Cl)N1CCCCC1. The molecule has 1 amide bonds. The highest BCUT2D eigenvalue weighted by molar-refractivity contribution is 7.11. The number of carbonyl (C=O) groups excluding carboxylic acids is 1. The summed E-state index contributed by atoms with van der Waals surface area (Å²) >= 11 is 7.80. The Labute approximate surface area is 128 Å². The summed E-state index contributed by atoms with van der Waals surface area (Å²) in [5.41, 5.74) is 0.458. The van der Waals surface area contributed by atoms with Crippen LogP contribution in [-0.4, -0.2) is 41.4 Å². The van der Waals surface area contributed by atoms with Gasteiger partial charge in [-0.2, -0.15) is 4.37 Å². The van der Waals surface area contributed by atoms with Gasteiger partial charge in [0.05, 0.1) is 0 Å². The van der Waals surface area contributed by atoms with E-state index in [0.717, 1.165) is 44.0 Å². The summed E-state index contributed by atoms with van der Waals surface area (Å²) in [6.07, 6.45) is 7.08. The first-order chi connectivity index (χ1) is 9.77. The van der Waals surface area contributed by atoms with E-state index < -0.39 is 0 Å². The first-order valence-electron chi connectivity index (χ1n) is 7.47. The van der Waals surface area contributed by atoms with Crippen molar-refractivity contribution < 1.29 is 4.79 Å². The molecular formula is C14H20ClN3OS. The molecule has 3 rings (SSSR count). The van der Waals surface area contributed by atoms with E-state index in [4.69, 9.17) is 11.6 Å². The zero-order valence-corrected chi connectivity index (χ0v) is 13.2. The number of anilines is 1. The van der Waals surface area contributed by atoms with Crippen molar-refractivity contribution in [3.63, 3.8) is 0 Å². The van der Waals surface area contributed by atoms with Gasteiger partial charge < -0.3 is 9.80 Å². The van der Waals surface area contributed by atoms with Crippen LogP contribution in [0.1, 0.15) is 49.0 Å². The second-order valence-corrected chi connectivity index (χ2v) is 6.68. The van der Waals surface area contributed by atoms with E-state index in [-0.39, 0.29) is 5.91 Å². The molecule has 0 N–H and O–H groups in total. The normalized spacial score (nSPS) is 20.2. The zero-order chi connectivity index (χ0) is 13.9. The van der Waals surface area contributed by atoms with Crippen LogP contribution in [0.15, 0.2) is 0 Å². The number of carbonyl (C=O) groups is 1. The lowest BCUT2D eigenvalue weighted by Gasteiger charge is -2.27. The minimum atomic E-state index is 0.00853. The second kappa shape index (κ2) is 6.31. The summed E-state index contributed by atoms with van der Waals surface area (Å²) in [5.74, 6) is 0.00853. The number of rotatable bonds is 2. The molecule has 1 aromatic rings. The van der Waals surface area contributed by atoms with Crippen molar-refractivity contribution in [3.05, 3.63) is 10.7 Å². The van der Waals surface area contributed by atoms with Crippen LogP contribution in [0.3, 0.4) is 0 Å². The van der Waals surface area contributed by atoms with Crippen molar-refractivity contribution >= 4 is 34.0 Å². The van der Waals surface area contributed by atoms with Crippen LogP contribution in [0.2, 0.25) is 5.02 Å². The zero-order valence-electron chi connectivity index (χ0n) is 11.6. The van der Waals surface area contributed by atoms with Gasteiger partial charge >= 0.3 is 0 Å². The third kappa shape index (κ3) is 2.79. The summed E-state index contributed by atoms with van der Waals surface area (Å²) < 4.78 is 4.34. The molecular weight excluding hydrogens is 294 g/mol. The predicted octanol–water partition coefficient (Wildman–Crippen LogP) is 3.41. The van der Waals surface area contributed by atoms with Crippen LogP contribution in [0.25, 0.3) is 0 Å². The Morgan fingerprint density at radius 3 is 2.25 bits per heavy atom. The molecule has 1 aromatic heterocycles. The topological polar surface area (TPSA) is 36.4 Å². The molecule has 20 heavy (non-hydrogen) atoms. The molecule has 0 aromatic carbocycles. The average Bonchev–Trinajstić information content (AvgIpc) is 2.90. The van der Waals surface area contributed by atoms with E-state index >= 15 is 0 Å². The molecule has 3 heterocycles. The molecule has 2 aliphatic heterocycles. The Kier molecular flexibility index (Phi) is 4.46. The fourth-order valence-corrected chi connectivity index (χ4v) is 4.16. The first kappa shape index (κ1) is 14.1. The van der Waals surface area contributed by atoms with Gasteiger partial charge in [-0.1, -0.05) is 11.6 Å². The number of hydrogen-bond acceptors (Lipinski definition) is 4. The Hall–Kier alpha value is -0.810. The number of likely N-dealkylation sites (tertiary alicyclic amines) is 1. The molecule has 4 nitrogen and oxygen atoms in total. The van der Waals surface area contributed by atoms with E-state index in [0.29, 0.717) is 10.7 Å². The minimum absolute atomic E-state index is 0.00853. The van der Waals surface area contributed by atoms with Crippen molar-refractivity contribution in [2.45, 2.75) is 38.5 Å². The molecule has 110 valence electrons. The Bertz CT molecular complexity index is 479. The standard InChI is InChI=1S/C14H20ClN3OS/c15-11-12(13(19)17-7-3-1-4-8-17)16-20-14(11)18-9-5-2-6-10-18/h1-10H2. The maximum absolute atomic E-state index is 12.5. The highest BCUT2D eigenvalue weighted by Crippen LogP contribution is 2.35. The van der Waals surface area contributed by atoms with Gasteiger partial charge in [-0.15, -0.1) is 0 Å². The predicted molar refractivity (Wildman–Crippen MR) is 82.9 cm³/mol. The van der Waals surface area contributed by atoms with Crippen molar-refractivity contribution in [3.8, 4) is 0 Å². The molecule has 0 bridgehead atoms. The molecule has 0 saturated carbocycles. The fourth-order valence-electron chi connectivity index (χ4n) is 2.94.